The molecule has 3 heterocycles. The summed E-state index contributed by atoms with van der Waals surface area (Å²) in [4.78, 5) is 31.9. The number of aromatic nitrogens is 4. The highest BCUT2D eigenvalue weighted by atomic mass is 16.2. The lowest BCUT2D eigenvalue weighted by Crippen LogP contribution is -2.35. The van der Waals surface area contributed by atoms with Gasteiger partial charge in [-0.05, 0) is 55.9 Å². The molecule has 1 unspecified atom stereocenters. The van der Waals surface area contributed by atoms with Crippen molar-refractivity contribution in [1.29, 1.82) is 0 Å². The van der Waals surface area contributed by atoms with Crippen LogP contribution in [0.1, 0.15) is 30.9 Å². The molecule has 1 aromatic carbocycles. The third kappa shape index (κ3) is 4.01. The van der Waals surface area contributed by atoms with Crippen LogP contribution in [-0.4, -0.2) is 38.2 Å². The van der Waals surface area contributed by atoms with Crippen molar-refractivity contribution in [3.05, 3.63) is 52.1 Å². The van der Waals surface area contributed by atoms with Gasteiger partial charge >= 0.3 is 5.69 Å². The summed E-state index contributed by atoms with van der Waals surface area (Å²) in [6.45, 7) is 7.88. The quantitative estimate of drug-likeness (QED) is 0.734. The lowest BCUT2D eigenvalue weighted by atomic mass is 10.0. The summed E-state index contributed by atoms with van der Waals surface area (Å²) >= 11 is 0. The minimum Gasteiger partial charge on any atom is -0.356 e. The zero-order valence-electron chi connectivity index (χ0n) is 17.1. The van der Waals surface area contributed by atoms with Crippen LogP contribution in [0, 0.1) is 19.8 Å². The molecule has 0 spiro atoms. The molecule has 1 aliphatic heterocycles. The first kappa shape index (κ1) is 19.2. The summed E-state index contributed by atoms with van der Waals surface area (Å²) in [6.07, 6.45) is 4.04. The summed E-state index contributed by atoms with van der Waals surface area (Å²) in [5.41, 5.74) is 2.39. The number of nitrogens with zero attached hydrogens (tertiary/aromatic N) is 5. The van der Waals surface area contributed by atoms with Crippen molar-refractivity contribution in [3.63, 3.8) is 0 Å². The molecule has 0 aliphatic carbocycles. The largest absolute Gasteiger partial charge is 0.356 e. The first-order chi connectivity index (χ1) is 13.9. The van der Waals surface area contributed by atoms with Crippen LogP contribution in [0.3, 0.4) is 0 Å². The predicted molar refractivity (Wildman–Crippen MR) is 112 cm³/mol. The van der Waals surface area contributed by atoms with Gasteiger partial charge in [-0.2, -0.15) is 4.98 Å². The van der Waals surface area contributed by atoms with Crippen molar-refractivity contribution < 1.29 is 4.79 Å². The lowest BCUT2D eigenvalue weighted by Gasteiger charge is -2.31. The summed E-state index contributed by atoms with van der Waals surface area (Å²) in [5.74, 6) is 1.45. The number of piperidine rings is 1. The van der Waals surface area contributed by atoms with Crippen LogP contribution in [0.4, 0.5) is 11.5 Å². The normalized spacial score (nSPS) is 16.9. The van der Waals surface area contributed by atoms with Crippen molar-refractivity contribution in [2.45, 2.75) is 40.2 Å². The van der Waals surface area contributed by atoms with E-state index in [0.717, 1.165) is 46.8 Å². The molecule has 3 aromatic rings. The third-order valence-corrected chi connectivity index (χ3v) is 5.38. The number of rotatable bonds is 4. The van der Waals surface area contributed by atoms with Crippen molar-refractivity contribution in [2.24, 2.45) is 5.92 Å². The van der Waals surface area contributed by atoms with Gasteiger partial charge in [0.1, 0.15) is 12.4 Å². The van der Waals surface area contributed by atoms with Crippen molar-refractivity contribution in [1.82, 2.24) is 19.2 Å². The van der Waals surface area contributed by atoms with E-state index in [1.165, 1.54) is 10.8 Å². The van der Waals surface area contributed by atoms with E-state index in [2.05, 4.69) is 27.2 Å². The molecular weight excluding hydrogens is 368 g/mol. The van der Waals surface area contributed by atoms with Gasteiger partial charge < -0.3 is 10.2 Å². The van der Waals surface area contributed by atoms with Crippen LogP contribution in [0.25, 0.3) is 5.78 Å². The van der Waals surface area contributed by atoms with Gasteiger partial charge in [0, 0.05) is 25.0 Å². The van der Waals surface area contributed by atoms with E-state index < -0.39 is 0 Å². The van der Waals surface area contributed by atoms with Crippen molar-refractivity contribution >= 4 is 23.2 Å². The zero-order valence-corrected chi connectivity index (χ0v) is 17.1. The SMILES string of the molecule is Cc1ccc(C)c(NC(=O)Cn2nc3nc(N4CCCC(C)C4)ccn3c2=O)c1. The van der Waals surface area contributed by atoms with E-state index in [4.69, 9.17) is 0 Å². The smallest absolute Gasteiger partial charge is 0.352 e. The van der Waals surface area contributed by atoms with E-state index >= 15 is 0 Å². The van der Waals surface area contributed by atoms with E-state index in [9.17, 15) is 9.59 Å². The average Bonchev–Trinajstić information content (AvgIpc) is 2.99. The first-order valence-electron chi connectivity index (χ1n) is 9.99. The fourth-order valence-corrected chi connectivity index (χ4v) is 3.77. The summed E-state index contributed by atoms with van der Waals surface area (Å²) < 4.78 is 2.54. The Hall–Kier alpha value is -3.16. The number of nitrogens with one attached hydrogen (secondary N) is 1. The minimum atomic E-state index is -0.373. The Bertz CT molecular complexity index is 1120. The van der Waals surface area contributed by atoms with Gasteiger partial charge in [0.05, 0.1) is 0 Å². The highest BCUT2D eigenvalue weighted by molar-refractivity contribution is 5.91. The molecular formula is C21H26N6O2. The second kappa shape index (κ2) is 7.69. The van der Waals surface area contributed by atoms with Gasteiger partial charge in [-0.3, -0.25) is 4.79 Å². The molecule has 1 amide bonds. The Balaban J connectivity index is 1.54. The molecule has 4 rings (SSSR count). The number of amides is 1. The fourth-order valence-electron chi connectivity index (χ4n) is 3.77. The maximum atomic E-state index is 12.6. The Morgan fingerprint density at radius 2 is 2.10 bits per heavy atom. The van der Waals surface area contributed by atoms with Crippen LogP contribution in [-0.2, 0) is 11.3 Å². The number of carbonyl (C=O) groups excluding carboxylic acids is 1. The molecule has 0 saturated carbocycles. The van der Waals surface area contributed by atoms with Crippen LogP contribution in [0.2, 0.25) is 0 Å². The van der Waals surface area contributed by atoms with E-state index in [-0.39, 0.29) is 18.1 Å². The Kier molecular flexibility index (Phi) is 5.08. The van der Waals surface area contributed by atoms with Gasteiger partial charge in [-0.15, -0.1) is 5.10 Å². The highest BCUT2D eigenvalue weighted by Crippen LogP contribution is 2.21. The second-order valence-corrected chi connectivity index (χ2v) is 7.96. The van der Waals surface area contributed by atoms with Gasteiger partial charge in [-0.25, -0.2) is 13.9 Å². The summed E-state index contributed by atoms with van der Waals surface area (Å²) in [6, 6.07) is 7.70. The Morgan fingerprint density at radius 3 is 2.90 bits per heavy atom. The summed E-state index contributed by atoms with van der Waals surface area (Å²) in [5, 5.41) is 7.14. The number of benzene rings is 1. The number of fused-ring (bicyclic) bond motifs is 1. The predicted octanol–water partition coefficient (Wildman–Crippen LogP) is 2.38. The lowest BCUT2D eigenvalue weighted by molar-refractivity contribution is -0.117. The van der Waals surface area contributed by atoms with Crippen LogP contribution >= 0.6 is 0 Å². The van der Waals surface area contributed by atoms with E-state index in [1.807, 2.05) is 38.1 Å². The monoisotopic (exact) mass is 394 g/mol. The number of anilines is 2. The first-order valence-corrected chi connectivity index (χ1v) is 9.99. The topological polar surface area (TPSA) is 84.5 Å². The standard InChI is InChI=1S/C21H26N6O2/c1-14-6-7-16(3)17(11-14)22-19(28)13-27-21(29)26-10-8-18(23-20(26)24-27)25-9-4-5-15(2)12-25/h6-8,10-11,15H,4-5,9,12-13H2,1-3H3,(H,22,28). The maximum absolute atomic E-state index is 12.6. The molecule has 1 fully saturated rings. The molecule has 152 valence electrons. The molecule has 8 nitrogen and oxygen atoms in total. The van der Waals surface area contributed by atoms with Gasteiger partial charge in [0.15, 0.2) is 0 Å². The van der Waals surface area contributed by atoms with Crippen LogP contribution in [0.15, 0.2) is 35.3 Å². The van der Waals surface area contributed by atoms with Gasteiger partial charge in [0.2, 0.25) is 5.91 Å². The van der Waals surface area contributed by atoms with Crippen LogP contribution < -0.4 is 15.9 Å². The number of aryl methyl sites for hydroxylation is 2. The fraction of sp³-hybridized carbons (Fsp3) is 0.429. The molecule has 1 N–H and O–H groups in total. The molecule has 8 heteroatoms. The number of hydrogen-bond acceptors (Lipinski definition) is 5. The molecule has 29 heavy (non-hydrogen) atoms. The van der Waals surface area contributed by atoms with E-state index in [0.29, 0.717) is 11.7 Å². The zero-order chi connectivity index (χ0) is 20.5. The maximum Gasteiger partial charge on any atom is 0.352 e. The summed E-state index contributed by atoms with van der Waals surface area (Å²) in [7, 11) is 0. The molecule has 1 atom stereocenters. The van der Waals surface area contributed by atoms with Crippen LogP contribution in [0.5, 0.6) is 0 Å². The molecule has 1 aliphatic rings. The van der Waals surface area contributed by atoms with Gasteiger partial charge in [-0.1, -0.05) is 19.1 Å². The molecule has 2 aromatic heterocycles. The highest BCUT2D eigenvalue weighted by Gasteiger charge is 2.19. The number of hydrogen-bond donors (Lipinski definition) is 1. The Labute approximate surface area is 169 Å². The molecule has 0 radical (unpaired) electrons. The minimum absolute atomic E-state index is 0.161. The average molecular weight is 394 g/mol. The molecule has 1 saturated heterocycles. The van der Waals surface area contributed by atoms with Crippen molar-refractivity contribution in [3.8, 4) is 0 Å². The van der Waals surface area contributed by atoms with E-state index in [1.54, 1.807) is 6.20 Å². The third-order valence-electron chi connectivity index (χ3n) is 5.38. The molecule has 0 bridgehead atoms. The van der Waals surface area contributed by atoms with Crippen molar-refractivity contribution in [2.75, 3.05) is 23.3 Å². The second-order valence-electron chi connectivity index (χ2n) is 7.96. The number of carbonyl (C=O) groups is 1. The Morgan fingerprint density at radius 1 is 1.28 bits per heavy atom. The van der Waals surface area contributed by atoms with Gasteiger partial charge in [0.25, 0.3) is 5.78 Å².